The Kier molecular flexibility index (Phi) is 6.60. The molecule has 148 valence electrons. The Hall–Kier alpha value is -2.93. The van der Waals surface area contributed by atoms with E-state index in [4.69, 9.17) is 4.74 Å². The second kappa shape index (κ2) is 9.32. The van der Waals surface area contributed by atoms with Gasteiger partial charge in [0.25, 0.3) is 5.91 Å². The Bertz CT molecular complexity index is 837. The quantitative estimate of drug-likeness (QED) is 0.830. The van der Waals surface area contributed by atoms with Gasteiger partial charge in [0.15, 0.2) is 0 Å². The summed E-state index contributed by atoms with van der Waals surface area (Å²) in [6.45, 7) is 4.91. The van der Waals surface area contributed by atoms with Gasteiger partial charge < -0.3 is 19.9 Å². The largest absolute Gasteiger partial charge is 0.378 e. The van der Waals surface area contributed by atoms with Crippen LogP contribution in [0.4, 0.5) is 15.8 Å². The Morgan fingerprint density at radius 1 is 1.14 bits per heavy atom. The van der Waals surface area contributed by atoms with Gasteiger partial charge >= 0.3 is 0 Å². The summed E-state index contributed by atoms with van der Waals surface area (Å²) in [6, 6.07) is 13.2. The van der Waals surface area contributed by atoms with Crippen molar-refractivity contribution in [1.29, 1.82) is 0 Å². The molecule has 0 unspecified atom stereocenters. The molecule has 0 aliphatic carbocycles. The molecule has 0 bridgehead atoms. The predicted octanol–water partition coefficient (Wildman–Crippen LogP) is 2.45. The zero-order valence-corrected chi connectivity index (χ0v) is 15.9. The van der Waals surface area contributed by atoms with E-state index in [2.05, 4.69) is 10.2 Å². The summed E-state index contributed by atoms with van der Waals surface area (Å²) in [5, 5.41) is 2.75. The minimum absolute atomic E-state index is 0.110. The molecule has 28 heavy (non-hydrogen) atoms. The zero-order valence-electron chi connectivity index (χ0n) is 15.9. The topological polar surface area (TPSA) is 61.9 Å². The van der Waals surface area contributed by atoms with Crippen molar-refractivity contribution in [3.63, 3.8) is 0 Å². The number of carbonyl (C=O) groups is 2. The molecule has 0 saturated carbocycles. The minimum atomic E-state index is -0.461. The number of morpholine rings is 1. The number of benzene rings is 2. The lowest BCUT2D eigenvalue weighted by Crippen LogP contribution is -2.40. The van der Waals surface area contributed by atoms with Crippen molar-refractivity contribution in [3.05, 3.63) is 59.9 Å². The second-order valence-electron chi connectivity index (χ2n) is 6.53. The maximum absolute atomic E-state index is 13.3. The molecule has 2 aromatic carbocycles. The molecule has 1 N–H and O–H groups in total. The van der Waals surface area contributed by atoms with Crippen molar-refractivity contribution in [2.24, 2.45) is 0 Å². The van der Waals surface area contributed by atoms with Gasteiger partial charge in [-0.05, 0) is 30.3 Å². The SMILES string of the molecule is CC(=O)N(CCNC(=O)c1cccc(F)c1)c1ccccc1N1CCOCC1. The van der Waals surface area contributed by atoms with Crippen LogP contribution >= 0.6 is 0 Å². The summed E-state index contributed by atoms with van der Waals surface area (Å²) in [4.78, 5) is 28.3. The molecule has 0 spiro atoms. The van der Waals surface area contributed by atoms with Crippen LogP contribution in [0.5, 0.6) is 0 Å². The van der Waals surface area contributed by atoms with Crippen LogP contribution in [0.2, 0.25) is 0 Å². The summed E-state index contributed by atoms with van der Waals surface area (Å²) < 4.78 is 18.7. The normalized spacial score (nSPS) is 13.9. The molecular formula is C21H24FN3O3. The molecule has 2 amide bonds. The van der Waals surface area contributed by atoms with Crippen LogP contribution in [0.25, 0.3) is 0 Å². The predicted molar refractivity (Wildman–Crippen MR) is 106 cm³/mol. The third kappa shape index (κ3) is 4.86. The third-order valence-corrected chi connectivity index (χ3v) is 4.61. The lowest BCUT2D eigenvalue weighted by molar-refractivity contribution is -0.116. The number of nitrogens with zero attached hydrogens (tertiary/aromatic N) is 2. The molecule has 2 aromatic rings. The van der Waals surface area contributed by atoms with Gasteiger partial charge in [0.2, 0.25) is 5.91 Å². The standard InChI is InChI=1S/C21H24FN3O3/c1-16(26)25(10-9-23-21(27)17-5-4-6-18(22)15-17)20-8-3-2-7-19(20)24-11-13-28-14-12-24/h2-8,15H,9-14H2,1H3,(H,23,27). The van der Waals surface area contributed by atoms with Crippen LogP contribution in [-0.4, -0.2) is 51.2 Å². The maximum Gasteiger partial charge on any atom is 0.251 e. The number of hydrogen-bond acceptors (Lipinski definition) is 4. The van der Waals surface area contributed by atoms with E-state index in [9.17, 15) is 14.0 Å². The van der Waals surface area contributed by atoms with Crippen LogP contribution < -0.4 is 15.1 Å². The molecule has 3 rings (SSSR count). The average molecular weight is 385 g/mol. The monoisotopic (exact) mass is 385 g/mol. The van der Waals surface area contributed by atoms with Crippen molar-refractivity contribution in [2.45, 2.75) is 6.92 Å². The molecule has 1 fully saturated rings. The number of para-hydroxylation sites is 2. The molecule has 0 radical (unpaired) electrons. The number of ether oxygens (including phenoxy) is 1. The van der Waals surface area contributed by atoms with E-state index in [0.29, 0.717) is 19.8 Å². The Morgan fingerprint density at radius 3 is 2.61 bits per heavy atom. The first kappa shape index (κ1) is 19.8. The van der Waals surface area contributed by atoms with Crippen LogP contribution in [0.15, 0.2) is 48.5 Å². The Morgan fingerprint density at radius 2 is 1.89 bits per heavy atom. The van der Waals surface area contributed by atoms with E-state index >= 15 is 0 Å². The van der Waals surface area contributed by atoms with Crippen molar-refractivity contribution >= 4 is 23.2 Å². The van der Waals surface area contributed by atoms with Gasteiger partial charge in [-0.15, -0.1) is 0 Å². The molecule has 6 nitrogen and oxygen atoms in total. The molecule has 1 saturated heterocycles. The maximum atomic E-state index is 13.3. The van der Waals surface area contributed by atoms with Crippen LogP contribution in [0.1, 0.15) is 17.3 Å². The van der Waals surface area contributed by atoms with Crippen molar-refractivity contribution < 1.29 is 18.7 Å². The summed E-state index contributed by atoms with van der Waals surface area (Å²) in [6.07, 6.45) is 0. The summed E-state index contributed by atoms with van der Waals surface area (Å²) in [5.41, 5.74) is 2.03. The highest BCUT2D eigenvalue weighted by atomic mass is 19.1. The summed E-state index contributed by atoms with van der Waals surface area (Å²) >= 11 is 0. The number of hydrogen-bond donors (Lipinski definition) is 1. The van der Waals surface area contributed by atoms with Gasteiger partial charge in [-0.2, -0.15) is 0 Å². The van der Waals surface area contributed by atoms with E-state index in [1.807, 2.05) is 24.3 Å². The summed E-state index contributed by atoms with van der Waals surface area (Å²) in [7, 11) is 0. The molecule has 1 aliphatic rings. The van der Waals surface area contributed by atoms with Crippen LogP contribution in [0.3, 0.4) is 0 Å². The fraction of sp³-hybridized carbons (Fsp3) is 0.333. The average Bonchev–Trinajstić information content (AvgIpc) is 2.71. The van der Waals surface area contributed by atoms with Gasteiger partial charge in [-0.1, -0.05) is 18.2 Å². The van der Waals surface area contributed by atoms with Gasteiger partial charge in [-0.3, -0.25) is 9.59 Å². The minimum Gasteiger partial charge on any atom is -0.378 e. The highest BCUT2D eigenvalue weighted by molar-refractivity contribution is 5.96. The Labute approximate surface area is 163 Å². The third-order valence-electron chi connectivity index (χ3n) is 4.61. The summed E-state index contributed by atoms with van der Waals surface area (Å²) in [5.74, 6) is -0.942. The molecule has 1 aliphatic heterocycles. The fourth-order valence-electron chi connectivity index (χ4n) is 3.22. The first-order valence-electron chi connectivity index (χ1n) is 9.30. The number of halogens is 1. The van der Waals surface area contributed by atoms with Crippen LogP contribution in [-0.2, 0) is 9.53 Å². The van der Waals surface area contributed by atoms with Crippen molar-refractivity contribution in [3.8, 4) is 0 Å². The highest BCUT2D eigenvalue weighted by Crippen LogP contribution is 2.29. The molecule has 1 heterocycles. The van der Waals surface area contributed by atoms with Gasteiger partial charge in [0.1, 0.15) is 5.82 Å². The number of nitrogens with one attached hydrogen (secondary N) is 1. The van der Waals surface area contributed by atoms with E-state index in [-0.39, 0.29) is 23.9 Å². The lowest BCUT2D eigenvalue weighted by Gasteiger charge is -2.33. The number of rotatable bonds is 6. The highest BCUT2D eigenvalue weighted by Gasteiger charge is 2.20. The Balaban J connectivity index is 1.69. The van der Waals surface area contributed by atoms with Crippen molar-refractivity contribution in [1.82, 2.24) is 5.32 Å². The van der Waals surface area contributed by atoms with Gasteiger partial charge in [0.05, 0.1) is 24.6 Å². The first-order chi connectivity index (χ1) is 13.6. The van der Waals surface area contributed by atoms with Crippen molar-refractivity contribution in [2.75, 3.05) is 49.2 Å². The number of carbonyl (C=O) groups excluding carboxylic acids is 2. The van der Waals surface area contributed by atoms with Gasteiger partial charge in [0, 0.05) is 38.7 Å². The molecule has 7 heteroatoms. The number of amides is 2. The molecule has 0 atom stereocenters. The van der Waals surface area contributed by atoms with E-state index in [0.717, 1.165) is 24.5 Å². The second-order valence-corrected chi connectivity index (χ2v) is 6.53. The van der Waals surface area contributed by atoms with E-state index in [1.54, 1.807) is 11.0 Å². The lowest BCUT2D eigenvalue weighted by atomic mass is 10.2. The number of anilines is 2. The smallest absolute Gasteiger partial charge is 0.251 e. The molecular weight excluding hydrogens is 361 g/mol. The molecule has 0 aromatic heterocycles. The van der Waals surface area contributed by atoms with Gasteiger partial charge in [-0.25, -0.2) is 4.39 Å². The van der Waals surface area contributed by atoms with E-state index in [1.165, 1.54) is 25.1 Å². The fourth-order valence-corrected chi connectivity index (χ4v) is 3.22. The van der Waals surface area contributed by atoms with E-state index < -0.39 is 5.82 Å². The first-order valence-corrected chi connectivity index (χ1v) is 9.30. The zero-order chi connectivity index (χ0) is 19.9. The van der Waals surface area contributed by atoms with Crippen LogP contribution in [0, 0.1) is 5.82 Å².